The van der Waals surface area contributed by atoms with Crippen LogP contribution in [0.5, 0.6) is 0 Å². The van der Waals surface area contributed by atoms with E-state index in [0.717, 1.165) is 10.1 Å². The SMILES string of the molecule is Cn1c(=O)cc(NC(CCO)c2cc(Cl)cc(Cl)c2)[nH]c1=O. The van der Waals surface area contributed by atoms with E-state index in [2.05, 4.69) is 10.3 Å². The van der Waals surface area contributed by atoms with Gasteiger partial charge in [0.2, 0.25) is 0 Å². The van der Waals surface area contributed by atoms with Crippen LogP contribution in [0.4, 0.5) is 5.82 Å². The van der Waals surface area contributed by atoms with Gasteiger partial charge in [0.1, 0.15) is 5.82 Å². The lowest BCUT2D eigenvalue weighted by molar-refractivity contribution is 0.280. The van der Waals surface area contributed by atoms with Crippen LogP contribution in [0, 0.1) is 0 Å². The summed E-state index contributed by atoms with van der Waals surface area (Å²) in [6, 6.07) is 5.93. The van der Waals surface area contributed by atoms with Crippen molar-refractivity contribution in [2.75, 3.05) is 11.9 Å². The molecule has 22 heavy (non-hydrogen) atoms. The zero-order valence-electron chi connectivity index (χ0n) is 11.8. The molecule has 0 aliphatic carbocycles. The molecule has 1 aromatic heterocycles. The van der Waals surface area contributed by atoms with Gasteiger partial charge in [0, 0.05) is 29.8 Å². The third kappa shape index (κ3) is 3.91. The molecular formula is C14H15Cl2N3O3. The second-order valence-corrected chi connectivity index (χ2v) is 5.67. The molecular weight excluding hydrogens is 329 g/mol. The second-order valence-electron chi connectivity index (χ2n) is 4.80. The molecule has 8 heteroatoms. The maximum atomic E-state index is 11.7. The molecule has 1 aromatic carbocycles. The van der Waals surface area contributed by atoms with Gasteiger partial charge in [0.15, 0.2) is 0 Å². The average molecular weight is 344 g/mol. The van der Waals surface area contributed by atoms with E-state index in [1.54, 1.807) is 18.2 Å². The highest BCUT2D eigenvalue weighted by Gasteiger charge is 2.14. The first kappa shape index (κ1) is 16.6. The van der Waals surface area contributed by atoms with Crippen LogP contribution < -0.4 is 16.6 Å². The Labute approximate surface area is 136 Å². The van der Waals surface area contributed by atoms with Crippen LogP contribution >= 0.6 is 23.2 Å². The average Bonchev–Trinajstić information content (AvgIpc) is 2.43. The van der Waals surface area contributed by atoms with E-state index >= 15 is 0 Å². The first-order valence-corrected chi connectivity index (χ1v) is 7.30. The van der Waals surface area contributed by atoms with Gasteiger partial charge in [0.05, 0.1) is 6.04 Å². The number of nitrogens with zero attached hydrogens (tertiary/aromatic N) is 1. The van der Waals surface area contributed by atoms with Gasteiger partial charge in [-0.15, -0.1) is 0 Å². The first-order valence-electron chi connectivity index (χ1n) is 6.54. The zero-order valence-corrected chi connectivity index (χ0v) is 13.3. The fourth-order valence-corrected chi connectivity index (χ4v) is 2.59. The minimum atomic E-state index is -0.526. The zero-order chi connectivity index (χ0) is 16.3. The summed E-state index contributed by atoms with van der Waals surface area (Å²) in [7, 11) is 1.38. The van der Waals surface area contributed by atoms with Gasteiger partial charge in [-0.2, -0.15) is 0 Å². The Morgan fingerprint density at radius 3 is 2.41 bits per heavy atom. The number of rotatable bonds is 5. The van der Waals surface area contributed by atoms with Gasteiger partial charge in [-0.3, -0.25) is 14.3 Å². The van der Waals surface area contributed by atoms with E-state index in [0.29, 0.717) is 16.5 Å². The molecule has 3 N–H and O–H groups in total. The van der Waals surface area contributed by atoms with Crippen molar-refractivity contribution in [3.8, 4) is 0 Å². The third-order valence-corrected chi connectivity index (χ3v) is 3.62. The van der Waals surface area contributed by atoms with Crippen LogP contribution in [-0.4, -0.2) is 21.3 Å². The minimum Gasteiger partial charge on any atom is -0.396 e. The van der Waals surface area contributed by atoms with Crippen molar-refractivity contribution in [2.45, 2.75) is 12.5 Å². The van der Waals surface area contributed by atoms with Crippen LogP contribution in [0.3, 0.4) is 0 Å². The molecule has 2 aromatic rings. The Morgan fingerprint density at radius 2 is 1.86 bits per heavy atom. The maximum absolute atomic E-state index is 11.7. The molecule has 118 valence electrons. The molecule has 0 spiro atoms. The second kappa shape index (κ2) is 7.00. The normalized spacial score (nSPS) is 12.2. The Kier molecular flexibility index (Phi) is 5.28. The molecule has 2 rings (SSSR count). The molecule has 1 heterocycles. The Morgan fingerprint density at radius 1 is 1.23 bits per heavy atom. The van der Waals surface area contributed by atoms with Crippen molar-refractivity contribution in [2.24, 2.45) is 7.05 Å². The first-order chi connectivity index (χ1) is 10.4. The number of aromatic nitrogens is 2. The van der Waals surface area contributed by atoms with E-state index in [9.17, 15) is 14.7 Å². The molecule has 0 amide bonds. The van der Waals surface area contributed by atoms with Crippen molar-refractivity contribution in [3.05, 3.63) is 60.7 Å². The van der Waals surface area contributed by atoms with Gasteiger partial charge in [0.25, 0.3) is 5.56 Å². The summed E-state index contributed by atoms with van der Waals surface area (Å²) in [4.78, 5) is 25.8. The molecule has 1 unspecified atom stereocenters. The molecule has 1 atom stereocenters. The largest absolute Gasteiger partial charge is 0.396 e. The van der Waals surface area contributed by atoms with E-state index in [1.165, 1.54) is 13.1 Å². The summed E-state index contributed by atoms with van der Waals surface area (Å²) in [6.07, 6.45) is 0.355. The van der Waals surface area contributed by atoms with E-state index in [-0.39, 0.29) is 18.5 Å². The number of aliphatic hydroxyl groups is 1. The number of hydrogen-bond donors (Lipinski definition) is 3. The Bertz CT molecular complexity index is 734. The topological polar surface area (TPSA) is 87.1 Å². The van der Waals surface area contributed by atoms with Crippen LogP contribution in [-0.2, 0) is 7.05 Å². The van der Waals surface area contributed by atoms with E-state index < -0.39 is 11.2 Å². The number of H-pyrrole nitrogens is 1. The van der Waals surface area contributed by atoms with Crippen LogP contribution in [0.15, 0.2) is 33.9 Å². The predicted molar refractivity (Wildman–Crippen MR) is 86.8 cm³/mol. The molecule has 0 saturated carbocycles. The number of hydrogen-bond acceptors (Lipinski definition) is 4. The number of anilines is 1. The monoisotopic (exact) mass is 343 g/mol. The number of aliphatic hydroxyl groups excluding tert-OH is 1. The maximum Gasteiger partial charge on any atom is 0.329 e. The summed E-state index contributed by atoms with van der Waals surface area (Å²) in [5, 5.41) is 13.2. The number of halogens is 2. The summed E-state index contributed by atoms with van der Waals surface area (Å²) < 4.78 is 0.961. The highest BCUT2D eigenvalue weighted by atomic mass is 35.5. The quantitative estimate of drug-likeness (QED) is 0.773. The van der Waals surface area contributed by atoms with Gasteiger partial charge in [-0.25, -0.2) is 4.79 Å². The van der Waals surface area contributed by atoms with Gasteiger partial charge >= 0.3 is 5.69 Å². The number of benzene rings is 1. The summed E-state index contributed by atoms with van der Waals surface area (Å²) in [5.41, 5.74) is -0.215. The standard InChI is InChI=1S/C14H15Cl2N3O3/c1-19-13(21)7-12(18-14(19)22)17-11(2-3-20)8-4-9(15)6-10(16)5-8/h4-7,11,17,20H,2-3H2,1H3,(H,18,22). The highest BCUT2D eigenvalue weighted by molar-refractivity contribution is 6.34. The fraction of sp³-hybridized carbons (Fsp3) is 0.286. The van der Waals surface area contributed by atoms with Crippen molar-refractivity contribution in [1.82, 2.24) is 9.55 Å². The van der Waals surface area contributed by atoms with Crippen molar-refractivity contribution < 1.29 is 5.11 Å². The lowest BCUT2D eigenvalue weighted by atomic mass is 10.0. The minimum absolute atomic E-state index is 0.0864. The summed E-state index contributed by atoms with van der Waals surface area (Å²) >= 11 is 12.0. The molecule has 6 nitrogen and oxygen atoms in total. The van der Waals surface area contributed by atoms with Crippen LogP contribution in [0.1, 0.15) is 18.0 Å². The lowest BCUT2D eigenvalue weighted by Crippen LogP contribution is -2.33. The Hall–Kier alpha value is -1.76. The van der Waals surface area contributed by atoms with Gasteiger partial charge < -0.3 is 10.4 Å². The van der Waals surface area contributed by atoms with E-state index in [1.807, 2.05) is 0 Å². The van der Waals surface area contributed by atoms with Crippen molar-refractivity contribution in [1.29, 1.82) is 0 Å². The molecule has 0 saturated heterocycles. The predicted octanol–water partition coefficient (Wildman–Crippen LogP) is 1.92. The molecule has 0 radical (unpaired) electrons. The van der Waals surface area contributed by atoms with Gasteiger partial charge in [-0.1, -0.05) is 23.2 Å². The smallest absolute Gasteiger partial charge is 0.329 e. The summed E-state index contributed by atoms with van der Waals surface area (Å²) in [5.74, 6) is 0.266. The van der Waals surface area contributed by atoms with Crippen molar-refractivity contribution >= 4 is 29.0 Å². The summed E-state index contributed by atoms with van der Waals surface area (Å²) in [6.45, 7) is -0.0864. The molecule has 0 fully saturated rings. The third-order valence-electron chi connectivity index (χ3n) is 3.18. The molecule has 0 aliphatic heterocycles. The van der Waals surface area contributed by atoms with Crippen molar-refractivity contribution in [3.63, 3.8) is 0 Å². The number of nitrogens with one attached hydrogen (secondary N) is 2. The fourth-order valence-electron chi connectivity index (χ4n) is 2.05. The van der Waals surface area contributed by atoms with E-state index in [4.69, 9.17) is 23.2 Å². The van der Waals surface area contributed by atoms with Crippen LogP contribution in [0.2, 0.25) is 10.0 Å². The van der Waals surface area contributed by atoms with Gasteiger partial charge in [-0.05, 0) is 30.2 Å². The molecule has 0 bridgehead atoms. The number of aromatic amines is 1. The lowest BCUT2D eigenvalue weighted by Gasteiger charge is -2.20. The molecule has 0 aliphatic rings. The highest BCUT2D eigenvalue weighted by Crippen LogP contribution is 2.27. The van der Waals surface area contributed by atoms with Crippen LogP contribution in [0.25, 0.3) is 0 Å². The Balaban J connectivity index is 2.37.